The van der Waals surface area contributed by atoms with Crippen molar-refractivity contribution < 1.29 is 8.42 Å². The second-order valence-corrected chi connectivity index (χ2v) is 0.428. The molecular formula is C2H3NO2S. The lowest BCUT2D eigenvalue weighted by molar-refractivity contribution is 0.630. The normalized spacial score (nSPS) is 3.33. The highest BCUT2D eigenvalue weighted by Crippen LogP contribution is 1.21. The van der Waals surface area contributed by atoms with Crippen LogP contribution in [0.5, 0.6) is 0 Å². The molecule has 0 saturated carbocycles. The number of hydrogen-bond acceptors (Lipinski definition) is 3. The van der Waals surface area contributed by atoms with Crippen LogP contribution in [0.15, 0.2) is 0 Å². The molecular weight excluding hydrogens is 102 g/mol. The molecule has 0 heterocycles. The molecule has 0 aliphatic rings. The van der Waals surface area contributed by atoms with Crippen molar-refractivity contribution in [2.45, 2.75) is 6.92 Å². The first-order valence-electron chi connectivity index (χ1n) is 1.06. The summed E-state index contributed by atoms with van der Waals surface area (Å²) < 4.78 is 16.6. The van der Waals surface area contributed by atoms with Gasteiger partial charge in [0.15, 0.2) is 0 Å². The van der Waals surface area contributed by atoms with Gasteiger partial charge in [-0.05, 0) is 0 Å². The van der Waals surface area contributed by atoms with Crippen LogP contribution < -0.4 is 0 Å². The maximum absolute atomic E-state index is 8.29. The highest BCUT2D eigenvalue weighted by atomic mass is 32.1. The summed E-state index contributed by atoms with van der Waals surface area (Å²) in [6.45, 7) is 1.43. The first kappa shape index (κ1) is 9.00. The summed E-state index contributed by atoms with van der Waals surface area (Å²) in [6.07, 6.45) is 0. The van der Waals surface area contributed by atoms with Crippen molar-refractivity contribution >= 4 is 11.6 Å². The average molecular weight is 105 g/mol. The van der Waals surface area contributed by atoms with Crippen LogP contribution in [-0.2, 0) is 11.6 Å². The molecule has 0 amide bonds. The maximum atomic E-state index is 8.29. The van der Waals surface area contributed by atoms with Crippen molar-refractivity contribution in [2.75, 3.05) is 0 Å². The molecule has 3 nitrogen and oxygen atoms in total. The minimum absolute atomic E-state index is 0.750. The second-order valence-electron chi connectivity index (χ2n) is 0.292. The third-order valence-electron chi connectivity index (χ3n) is 0. The zero-order chi connectivity index (χ0) is 5.41. The zero-order valence-electron chi connectivity index (χ0n) is 3.17. The minimum atomic E-state index is -0.750. The molecule has 0 aliphatic heterocycles. The molecule has 0 rings (SSSR count). The van der Waals surface area contributed by atoms with Gasteiger partial charge >= 0.3 is 11.6 Å². The summed E-state index contributed by atoms with van der Waals surface area (Å²) >= 11 is -0.750. The van der Waals surface area contributed by atoms with Gasteiger partial charge in [0.05, 0.1) is 6.07 Å². The molecule has 4 heteroatoms. The third kappa shape index (κ3) is 37.1. The van der Waals surface area contributed by atoms with E-state index in [1.807, 2.05) is 0 Å². The first-order valence-corrected chi connectivity index (χ1v) is 1.72. The van der Waals surface area contributed by atoms with E-state index in [-0.39, 0.29) is 0 Å². The molecule has 0 unspecified atom stereocenters. The van der Waals surface area contributed by atoms with Crippen molar-refractivity contribution in [3.05, 3.63) is 0 Å². The third-order valence-corrected chi connectivity index (χ3v) is 0. The predicted molar refractivity (Wildman–Crippen MR) is 20.2 cm³/mol. The van der Waals surface area contributed by atoms with E-state index in [0.717, 1.165) is 0 Å². The fourth-order valence-electron chi connectivity index (χ4n) is 0. The summed E-state index contributed by atoms with van der Waals surface area (Å²) in [5, 5.41) is 7.32. The van der Waals surface area contributed by atoms with Crippen LogP contribution in [0.1, 0.15) is 6.92 Å². The molecule has 0 fully saturated rings. The quantitative estimate of drug-likeness (QED) is 0.430. The summed E-state index contributed by atoms with van der Waals surface area (Å²) in [7, 11) is 0. The standard InChI is InChI=1S/C2H3N.O2S/c1-2-3;1-3-2/h1H3;. The number of hydrogen-bond donors (Lipinski definition) is 0. The maximum Gasteiger partial charge on any atom is 0.335 e. The van der Waals surface area contributed by atoms with E-state index in [0.29, 0.717) is 0 Å². The molecule has 0 aliphatic carbocycles. The van der Waals surface area contributed by atoms with Crippen molar-refractivity contribution in [1.82, 2.24) is 0 Å². The van der Waals surface area contributed by atoms with Gasteiger partial charge in [-0.25, -0.2) is 0 Å². The summed E-state index contributed by atoms with van der Waals surface area (Å²) in [4.78, 5) is 0. The van der Waals surface area contributed by atoms with Crippen LogP contribution in [0.4, 0.5) is 0 Å². The van der Waals surface area contributed by atoms with Gasteiger partial charge in [0.2, 0.25) is 0 Å². The van der Waals surface area contributed by atoms with Gasteiger partial charge in [0.1, 0.15) is 0 Å². The Morgan fingerprint density at radius 1 is 1.67 bits per heavy atom. The fourth-order valence-corrected chi connectivity index (χ4v) is 0. The lowest BCUT2D eigenvalue weighted by Gasteiger charge is -1.15. The zero-order valence-corrected chi connectivity index (χ0v) is 3.99. The Bertz CT molecular complexity index is 78.0. The van der Waals surface area contributed by atoms with E-state index in [9.17, 15) is 0 Å². The van der Waals surface area contributed by atoms with Gasteiger partial charge in [0.25, 0.3) is 0 Å². The van der Waals surface area contributed by atoms with Gasteiger partial charge in [0, 0.05) is 6.92 Å². The summed E-state index contributed by atoms with van der Waals surface area (Å²) in [5.41, 5.74) is 0. The largest absolute Gasteiger partial charge is 0.335 e. The van der Waals surface area contributed by atoms with E-state index >= 15 is 0 Å². The summed E-state index contributed by atoms with van der Waals surface area (Å²) in [6, 6.07) is 1.75. The van der Waals surface area contributed by atoms with Crippen molar-refractivity contribution in [2.24, 2.45) is 0 Å². The lowest BCUT2D eigenvalue weighted by Crippen LogP contribution is -1.18. The van der Waals surface area contributed by atoms with Gasteiger partial charge < -0.3 is 0 Å². The second kappa shape index (κ2) is 27.5. The van der Waals surface area contributed by atoms with Crippen LogP contribution >= 0.6 is 0 Å². The molecule has 0 bridgehead atoms. The Balaban J connectivity index is 0. The minimum Gasteiger partial charge on any atom is -0.199 e. The fraction of sp³-hybridized carbons (Fsp3) is 0.500. The van der Waals surface area contributed by atoms with Crippen molar-refractivity contribution in [1.29, 1.82) is 5.26 Å². The Morgan fingerprint density at radius 2 is 1.67 bits per heavy atom. The predicted octanol–water partition coefficient (Wildman–Crippen LogP) is -0.140. The first-order chi connectivity index (χ1) is 2.83. The molecule has 0 aromatic carbocycles. The van der Waals surface area contributed by atoms with Gasteiger partial charge in [-0.2, -0.15) is 13.7 Å². The topological polar surface area (TPSA) is 57.9 Å². The van der Waals surface area contributed by atoms with Crippen molar-refractivity contribution in [3.8, 4) is 6.07 Å². The molecule has 0 aromatic heterocycles. The van der Waals surface area contributed by atoms with Gasteiger partial charge in [-0.15, -0.1) is 0 Å². The van der Waals surface area contributed by atoms with Crippen LogP contribution in [0.2, 0.25) is 0 Å². The van der Waals surface area contributed by atoms with E-state index in [4.69, 9.17) is 13.7 Å². The smallest absolute Gasteiger partial charge is 0.199 e. The highest BCUT2D eigenvalue weighted by molar-refractivity contribution is 7.51. The van der Waals surface area contributed by atoms with E-state index in [1.165, 1.54) is 6.92 Å². The van der Waals surface area contributed by atoms with Crippen LogP contribution in [-0.4, -0.2) is 8.42 Å². The number of nitrogens with zero attached hydrogens (tertiary/aromatic N) is 1. The lowest BCUT2D eigenvalue weighted by atomic mass is 11.0. The Kier molecular flexibility index (Phi) is 41.3. The van der Waals surface area contributed by atoms with E-state index in [1.54, 1.807) is 6.07 Å². The molecule has 0 spiro atoms. The molecule has 0 radical (unpaired) electrons. The van der Waals surface area contributed by atoms with Crippen molar-refractivity contribution in [3.63, 3.8) is 0 Å². The van der Waals surface area contributed by atoms with Gasteiger partial charge in [-0.1, -0.05) is 0 Å². The Labute approximate surface area is 39.2 Å². The number of rotatable bonds is 0. The van der Waals surface area contributed by atoms with Crippen LogP contribution in [0.3, 0.4) is 0 Å². The monoisotopic (exact) mass is 105 g/mol. The van der Waals surface area contributed by atoms with Crippen LogP contribution in [0, 0.1) is 11.3 Å². The molecule has 6 heavy (non-hydrogen) atoms. The van der Waals surface area contributed by atoms with E-state index < -0.39 is 11.6 Å². The number of nitriles is 1. The Hall–Kier alpha value is -0.690. The SMILES string of the molecule is CC#N.O=S=O. The molecule has 0 N–H and O–H groups in total. The van der Waals surface area contributed by atoms with Gasteiger partial charge in [-0.3, -0.25) is 0 Å². The Morgan fingerprint density at radius 3 is 1.67 bits per heavy atom. The average Bonchev–Trinajstić information content (AvgIpc) is 1.39. The molecule has 0 saturated heterocycles. The van der Waals surface area contributed by atoms with E-state index in [2.05, 4.69) is 0 Å². The molecule has 34 valence electrons. The molecule has 0 aromatic rings. The van der Waals surface area contributed by atoms with Crippen LogP contribution in [0.25, 0.3) is 0 Å². The molecule has 0 atom stereocenters. The summed E-state index contributed by atoms with van der Waals surface area (Å²) in [5.74, 6) is 0. The highest BCUT2D eigenvalue weighted by Gasteiger charge is 1.17.